The van der Waals surface area contributed by atoms with Crippen molar-refractivity contribution in [3.05, 3.63) is 24.0 Å². The largest absolute Gasteiger partial charge is 0.352 e. The fourth-order valence-electron chi connectivity index (χ4n) is 1.94. The van der Waals surface area contributed by atoms with E-state index in [9.17, 15) is 9.59 Å². The van der Waals surface area contributed by atoms with Crippen LogP contribution in [0.25, 0.3) is 0 Å². The normalized spacial score (nSPS) is 23.3. The number of aromatic nitrogens is 2. The molecule has 2 amide bonds. The number of carbonyl (C=O) groups excluding carboxylic acids is 2. The predicted molar refractivity (Wildman–Crippen MR) is 64.5 cm³/mol. The summed E-state index contributed by atoms with van der Waals surface area (Å²) in [7, 11) is 0. The molecule has 2 N–H and O–H groups in total. The molecule has 2 atom stereocenters. The van der Waals surface area contributed by atoms with Crippen LogP contribution in [0, 0.1) is 0 Å². The molecule has 0 radical (unpaired) electrons. The molecule has 2 rings (SSSR count). The van der Waals surface area contributed by atoms with E-state index in [1.807, 2.05) is 6.92 Å². The lowest BCUT2D eigenvalue weighted by molar-refractivity contribution is -0.130. The molecular weight excluding hydrogens is 232 g/mol. The van der Waals surface area contributed by atoms with Crippen LogP contribution in [0.5, 0.6) is 0 Å². The molecule has 6 heteroatoms. The molecule has 0 aromatic carbocycles. The van der Waals surface area contributed by atoms with Gasteiger partial charge >= 0.3 is 0 Å². The lowest BCUT2D eigenvalue weighted by Gasteiger charge is -2.27. The fourth-order valence-corrected chi connectivity index (χ4v) is 1.94. The highest BCUT2D eigenvalue weighted by molar-refractivity contribution is 5.88. The number of rotatable bonds is 3. The van der Waals surface area contributed by atoms with Gasteiger partial charge in [0, 0.05) is 12.2 Å². The molecule has 0 spiro atoms. The van der Waals surface area contributed by atoms with Gasteiger partial charge in [0.1, 0.15) is 6.04 Å². The third-order valence-electron chi connectivity index (χ3n) is 2.90. The number of carbonyl (C=O) groups is 2. The van der Waals surface area contributed by atoms with Gasteiger partial charge in [-0.1, -0.05) is 0 Å². The number of nitrogens with zero attached hydrogens (tertiary/aromatic N) is 2. The molecule has 1 aromatic heterocycles. The van der Waals surface area contributed by atoms with Gasteiger partial charge in [0.05, 0.1) is 12.1 Å². The molecule has 2 unspecified atom stereocenters. The Hall–Kier alpha value is -1.98. The van der Waals surface area contributed by atoms with Gasteiger partial charge in [-0.2, -0.15) is 10.2 Å². The van der Waals surface area contributed by atoms with Crippen LogP contribution in [0.3, 0.4) is 0 Å². The van der Waals surface area contributed by atoms with E-state index in [4.69, 9.17) is 0 Å². The number of amides is 2. The lowest BCUT2D eigenvalue weighted by atomic mass is 10.0. The molecular formula is C12H16N4O2. The van der Waals surface area contributed by atoms with Crippen molar-refractivity contribution in [2.75, 3.05) is 0 Å². The van der Waals surface area contributed by atoms with E-state index in [1.165, 1.54) is 0 Å². The maximum absolute atomic E-state index is 11.7. The van der Waals surface area contributed by atoms with Crippen molar-refractivity contribution in [2.45, 2.75) is 38.3 Å². The van der Waals surface area contributed by atoms with Gasteiger partial charge in [-0.05, 0) is 31.9 Å². The van der Waals surface area contributed by atoms with Gasteiger partial charge in [-0.3, -0.25) is 9.59 Å². The van der Waals surface area contributed by atoms with E-state index in [0.717, 1.165) is 6.42 Å². The summed E-state index contributed by atoms with van der Waals surface area (Å²) in [4.78, 5) is 23.4. The first-order chi connectivity index (χ1) is 8.65. The summed E-state index contributed by atoms with van der Waals surface area (Å²) in [5.41, 5.74) is 0.597. The van der Waals surface area contributed by atoms with Gasteiger partial charge < -0.3 is 10.6 Å². The summed E-state index contributed by atoms with van der Waals surface area (Å²) in [6.45, 7) is 1.95. The zero-order valence-corrected chi connectivity index (χ0v) is 10.2. The van der Waals surface area contributed by atoms with E-state index in [1.54, 1.807) is 18.3 Å². The van der Waals surface area contributed by atoms with Crippen molar-refractivity contribution < 1.29 is 9.59 Å². The monoisotopic (exact) mass is 248 g/mol. The SMILES string of the molecule is CC1CCC(NC(=O)Cc2cccnn2)C(=O)N1. The van der Waals surface area contributed by atoms with Gasteiger partial charge in [-0.25, -0.2) is 0 Å². The van der Waals surface area contributed by atoms with Gasteiger partial charge in [0.15, 0.2) is 0 Å². The fraction of sp³-hybridized carbons (Fsp3) is 0.500. The van der Waals surface area contributed by atoms with E-state index in [-0.39, 0.29) is 24.3 Å². The minimum absolute atomic E-state index is 0.110. The smallest absolute Gasteiger partial charge is 0.242 e. The standard InChI is InChI=1S/C12H16N4O2/c1-8-4-5-10(12(18)14-8)15-11(17)7-9-3-2-6-13-16-9/h2-3,6,8,10H,4-5,7H2,1H3,(H,14,18)(H,15,17). The van der Waals surface area contributed by atoms with Crippen molar-refractivity contribution in [3.8, 4) is 0 Å². The summed E-state index contributed by atoms with van der Waals surface area (Å²) in [5, 5.41) is 13.1. The zero-order chi connectivity index (χ0) is 13.0. The van der Waals surface area contributed by atoms with Crippen LogP contribution in [0.4, 0.5) is 0 Å². The molecule has 18 heavy (non-hydrogen) atoms. The Balaban J connectivity index is 1.86. The summed E-state index contributed by atoms with van der Waals surface area (Å²) >= 11 is 0. The summed E-state index contributed by atoms with van der Waals surface area (Å²) in [6.07, 6.45) is 3.26. The summed E-state index contributed by atoms with van der Waals surface area (Å²) < 4.78 is 0. The number of hydrogen-bond donors (Lipinski definition) is 2. The third kappa shape index (κ3) is 3.26. The Morgan fingerprint density at radius 1 is 1.56 bits per heavy atom. The minimum atomic E-state index is -0.426. The molecule has 1 fully saturated rings. The summed E-state index contributed by atoms with van der Waals surface area (Å²) in [5.74, 6) is -0.313. The van der Waals surface area contributed by atoms with Crippen molar-refractivity contribution in [2.24, 2.45) is 0 Å². The third-order valence-corrected chi connectivity index (χ3v) is 2.90. The molecule has 96 valence electrons. The molecule has 1 aromatic rings. The van der Waals surface area contributed by atoms with Gasteiger partial charge in [0.25, 0.3) is 0 Å². The minimum Gasteiger partial charge on any atom is -0.352 e. The van der Waals surface area contributed by atoms with E-state index in [0.29, 0.717) is 12.1 Å². The van der Waals surface area contributed by atoms with Crippen molar-refractivity contribution in [3.63, 3.8) is 0 Å². The maximum Gasteiger partial charge on any atom is 0.242 e. The Kier molecular flexibility index (Phi) is 3.86. The van der Waals surface area contributed by atoms with Crippen LogP contribution in [0.1, 0.15) is 25.5 Å². The molecule has 6 nitrogen and oxygen atoms in total. The second-order valence-electron chi connectivity index (χ2n) is 4.50. The molecule has 1 saturated heterocycles. The van der Waals surface area contributed by atoms with Crippen LogP contribution in [0.2, 0.25) is 0 Å². The molecule has 0 saturated carbocycles. The van der Waals surface area contributed by atoms with Crippen LogP contribution in [-0.2, 0) is 16.0 Å². The van der Waals surface area contributed by atoms with Crippen molar-refractivity contribution in [1.29, 1.82) is 0 Å². The first-order valence-electron chi connectivity index (χ1n) is 6.01. The average Bonchev–Trinajstić information content (AvgIpc) is 2.34. The van der Waals surface area contributed by atoms with Crippen LogP contribution >= 0.6 is 0 Å². The van der Waals surface area contributed by atoms with Crippen LogP contribution in [0.15, 0.2) is 18.3 Å². The number of nitrogens with one attached hydrogen (secondary N) is 2. The molecule has 1 aliphatic heterocycles. The van der Waals surface area contributed by atoms with Crippen LogP contribution in [-0.4, -0.2) is 34.1 Å². The lowest BCUT2D eigenvalue weighted by Crippen LogP contribution is -2.53. The predicted octanol–water partition coefficient (Wildman–Crippen LogP) is -0.198. The number of hydrogen-bond acceptors (Lipinski definition) is 4. The first-order valence-corrected chi connectivity index (χ1v) is 6.01. The van der Waals surface area contributed by atoms with E-state index in [2.05, 4.69) is 20.8 Å². The average molecular weight is 248 g/mol. The van der Waals surface area contributed by atoms with Crippen molar-refractivity contribution in [1.82, 2.24) is 20.8 Å². The van der Waals surface area contributed by atoms with Gasteiger partial charge in [-0.15, -0.1) is 0 Å². The second-order valence-corrected chi connectivity index (χ2v) is 4.50. The molecule has 0 aliphatic carbocycles. The second kappa shape index (κ2) is 5.57. The molecule has 0 bridgehead atoms. The Labute approximate surface area is 105 Å². The molecule has 2 heterocycles. The Morgan fingerprint density at radius 2 is 2.39 bits per heavy atom. The highest BCUT2D eigenvalue weighted by atomic mass is 16.2. The Morgan fingerprint density at radius 3 is 3.06 bits per heavy atom. The molecule has 1 aliphatic rings. The van der Waals surface area contributed by atoms with Crippen molar-refractivity contribution >= 4 is 11.8 Å². The highest BCUT2D eigenvalue weighted by Gasteiger charge is 2.26. The van der Waals surface area contributed by atoms with Gasteiger partial charge in [0.2, 0.25) is 11.8 Å². The van der Waals surface area contributed by atoms with E-state index >= 15 is 0 Å². The van der Waals surface area contributed by atoms with E-state index < -0.39 is 6.04 Å². The first kappa shape index (κ1) is 12.5. The van der Waals surface area contributed by atoms with Crippen LogP contribution < -0.4 is 10.6 Å². The topological polar surface area (TPSA) is 84.0 Å². The highest BCUT2D eigenvalue weighted by Crippen LogP contribution is 2.08. The zero-order valence-electron chi connectivity index (χ0n) is 10.2. The number of piperidine rings is 1. The quantitative estimate of drug-likeness (QED) is 0.776. The Bertz CT molecular complexity index is 435. The maximum atomic E-state index is 11.7. The summed E-state index contributed by atoms with van der Waals surface area (Å²) in [6, 6.07) is 3.22.